The second-order valence-electron chi connectivity index (χ2n) is 7.47. The lowest BCUT2D eigenvalue weighted by Gasteiger charge is -2.35. The molecule has 31 heavy (non-hydrogen) atoms. The second-order valence-corrected chi connectivity index (χ2v) is 7.47. The number of hydrogen-bond donors (Lipinski definition) is 2. The quantitative estimate of drug-likeness (QED) is 0.690. The molecular weight excluding hydrogens is 394 g/mol. The van der Waals surface area contributed by atoms with Gasteiger partial charge in [0.1, 0.15) is 6.07 Å². The van der Waals surface area contributed by atoms with Gasteiger partial charge in [-0.1, -0.05) is 24.3 Å². The summed E-state index contributed by atoms with van der Waals surface area (Å²) in [5.74, 6) is -1.54. The highest BCUT2D eigenvalue weighted by Gasteiger charge is 2.25. The van der Waals surface area contributed by atoms with Crippen molar-refractivity contribution in [1.29, 1.82) is 5.26 Å². The van der Waals surface area contributed by atoms with Crippen LogP contribution in [-0.2, 0) is 14.3 Å². The van der Waals surface area contributed by atoms with Gasteiger partial charge in [-0.3, -0.25) is 14.5 Å². The first kappa shape index (κ1) is 22.3. The van der Waals surface area contributed by atoms with Crippen LogP contribution in [0.5, 0.6) is 0 Å². The Labute approximate surface area is 182 Å². The molecule has 3 rings (SSSR count). The molecule has 0 aliphatic carbocycles. The van der Waals surface area contributed by atoms with E-state index in [0.717, 1.165) is 24.3 Å². The molecule has 2 aromatic carbocycles. The molecular formula is C23H27N5O3. The van der Waals surface area contributed by atoms with Gasteiger partial charge in [0.2, 0.25) is 0 Å². The number of hydrogen-bond acceptors (Lipinski definition) is 6. The number of morpholine rings is 1. The van der Waals surface area contributed by atoms with Gasteiger partial charge in [0.15, 0.2) is 0 Å². The van der Waals surface area contributed by atoms with Crippen LogP contribution in [0.2, 0.25) is 0 Å². The predicted molar refractivity (Wildman–Crippen MR) is 119 cm³/mol. The van der Waals surface area contributed by atoms with E-state index in [1.165, 1.54) is 0 Å². The minimum absolute atomic E-state index is 0.0803. The van der Waals surface area contributed by atoms with E-state index >= 15 is 0 Å². The standard InChI is InChI=1S/C23H27N5O3/c1-27(2)19-9-7-17(8-10-19)21(28-11-13-31-14-12-28)16-25-22(29)23(30)26-20-6-4-3-5-18(20)15-24/h3-10,21H,11-14,16H2,1-2H3,(H,25,29)(H,26,30)/t21-/m0/s1. The van der Waals surface area contributed by atoms with Gasteiger partial charge in [-0.05, 0) is 29.8 Å². The average Bonchev–Trinajstić information content (AvgIpc) is 2.80. The highest BCUT2D eigenvalue weighted by Crippen LogP contribution is 2.24. The lowest BCUT2D eigenvalue weighted by atomic mass is 10.0. The topological polar surface area (TPSA) is 97.7 Å². The molecule has 1 fully saturated rings. The molecule has 0 saturated carbocycles. The molecule has 162 valence electrons. The number of ether oxygens (including phenoxy) is 1. The minimum atomic E-state index is -0.800. The number of carbonyl (C=O) groups is 2. The fourth-order valence-corrected chi connectivity index (χ4v) is 3.48. The largest absolute Gasteiger partial charge is 0.379 e. The molecule has 1 atom stereocenters. The van der Waals surface area contributed by atoms with Crippen LogP contribution in [0.15, 0.2) is 48.5 Å². The van der Waals surface area contributed by atoms with Crippen molar-refractivity contribution in [2.24, 2.45) is 0 Å². The zero-order valence-electron chi connectivity index (χ0n) is 17.8. The Morgan fingerprint density at radius 2 is 1.77 bits per heavy atom. The summed E-state index contributed by atoms with van der Waals surface area (Å²) in [6, 6.07) is 16.7. The molecule has 0 spiro atoms. The molecule has 0 unspecified atom stereocenters. The number of rotatable bonds is 6. The first-order valence-electron chi connectivity index (χ1n) is 10.2. The monoisotopic (exact) mass is 421 g/mol. The van der Waals surface area contributed by atoms with Gasteiger partial charge < -0.3 is 20.3 Å². The highest BCUT2D eigenvalue weighted by atomic mass is 16.5. The van der Waals surface area contributed by atoms with E-state index in [0.29, 0.717) is 24.5 Å². The summed E-state index contributed by atoms with van der Waals surface area (Å²) >= 11 is 0. The predicted octanol–water partition coefficient (Wildman–Crippen LogP) is 1.75. The van der Waals surface area contributed by atoms with Crippen LogP contribution in [0.4, 0.5) is 11.4 Å². The molecule has 0 radical (unpaired) electrons. The number of amides is 2. The third-order valence-corrected chi connectivity index (χ3v) is 5.24. The van der Waals surface area contributed by atoms with Gasteiger partial charge in [0.05, 0.1) is 30.5 Å². The van der Waals surface area contributed by atoms with Crippen LogP contribution in [0.1, 0.15) is 17.2 Å². The molecule has 1 saturated heterocycles. The number of carbonyl (C=O) groups excluding carboxylic acids is 2. The van der Waals surface area contributed by atoms with Crippen LogP contribution in [-0.4, -0.2) is 63.7 Å². The fraction of sp³-hybridized carbons (Fsp3) is 0.348. The van der Waals surface area contributed by atoms with Crippen molar-refractivity contribution in [3.8, 4) is 6.07 Å². The zero-order valence-corrected chi connectivity index (χ0v) is 17.8. The van der Waals surface area contributed by atoms with E-state index in [4.69, 9.17) is 10.00 Å². The molecule has 1 heterocycles. The Bertz CT molecular complexity index is 946. The summed E-state index contributed by atoms with van der Waals surface area (Å²) in [5.41, 5.74) is 2.76. The highest BCUT2D eigenvalue weighted by molar-refractivity contribution is 6.39. The Balaban J connectivity index is 1.68. The van der Waals surface area contributed by atoms with Crippen LogP contribution in [0.3, 0.4) is 0 Å². The summed E-state index contributed by atoms with van der Waals surface area (Å²) in [6.07, 6.45) is 0. The maximum absolute atomic E-state index is 12.5. The average molecular weight is 422 g/mol. The molecule has 8 heteroatoms. The van der Waals surface area contributed by atoms with Gasteiger partial charge in [0, 0.05) is 39.4 Å². The third-order valence-electron chi connectivity index (χ3n) is 5.24. The fourth-order valence-electron chi connectivity index (χ4n) is 3.48. The van der Waals surface area contributed by atoms with Crippen molar-refractivity contribution in [3.05, 3.63) is 59.7 Å². The van der Waals surface area contributed by atoms with Crippen LogP contribution in [0.25, 0.3) is 0 Å². The maximum atomic E-state index is 12.5. The van der Waals surface area contributed by atoms with E-state index < -0.39 is 11.8 Å². The lowest BCUT2D eigenvalue weighted by Crippen LogP contribution is -2.45. The molecule has 8 nitrogen and oxygen atoms in total. The third kappa shape index (κ3) is 5.81. The summed E-state index contributed by atoms with van der Waals surface area (Å²) in [7, 11) is 3.97. The molecule has 1 aliphatic rings. The number of para-hydroxylation sites is 1. The van der Waals surface area contributed by atoms with Crippen molar-refractivity contribution in [2.45, 2.75) is 6.04 Å². The van der Waals surface area contributed by atoms with Crippen molar-refractivity contribution in [3.63, 3.8) is 0 Å². The first-order chi connectivity index (χ1) is 15.0. The number of nitrogens with one attached hydrogen (secondary N) is 2. The van der Waals surface area contributed by atoms with Crippen LogP contribution >= 0.6 is 0 Å². The van der Waals surface area contributed by atoms with Crippen LogP contribution < -0.4 is 15.5 Å². The normalized spacial score (nSPS) is 14.9. The van der Waals surface area contributed by atoms with E-state index in [1.54, 1.807) is 24.3 Å². The Morgan fingerprint density at radius 3 is 2.42 bits per heavy atom. The number of nitriles is 1. The lowest BCUT2D eigenvalue weighted by molar-refractivity contribution is -0.136. The molecule has 2 N–H and O–H groups in total. The van der Waals surface area contributed by atoms with Crippen molar-refractivity contribution in [1.82, 2.24) is 10.2 Å². The number of anilines is 2. The summed E-state index contributed by atoms with van der Waals surface area (Å²) in [4.78, 5) is 29.1. The minimum Gasteiger partial charge on any atom is -0.379 e. The van der Waals surface area contributed by atoms with Crippen LogP contribution in [0, 0.1) is 11.3 Å². The van der Waals surface area contributed by atoms with Gasteiger partial charge in [-0.25, -0.2) is 0 Å². The number of nitrogens with zero attached hydrogens (tertiary/aromatic N) is 3. The molecule has 2 amide bonds. The van der Waals surface area contributed by atoms with Gasteiger partial charge in [0.25, 0.3) is 0 Å². The van der Waals surface area contributed by atoms with E-state index in [9.17, 15) is 9.59 Å². The molecule has 0 bridgehead atoms. The first-order valence-corrected chi connectivity index (χ1v) is 10.2. The second kappa shape index (κ2) is 10.6. The Hall–Kier alpha value is -3.41. The smallest absolute Gasteiger partial charge is 0.313 e. The van der Waals surface area contributed by atoms with Gasteiger partial charge in [-0.2, -0.15) is 5.26 Å². The SMILES string of the molecule is CN(C)c1ccc([C@H](CNC(=O)C(=O)Nc2ccccc2C#N)N2CCOCC2)cc1. The van der Waals surface area contributed by atoms with E-state index in [1.807, 2.05) is 49.3 Å². The van der Waals surface area contributed by atoms with E-state index in [-0.39, 0.29) is 12.6 Å². The van der Waals surface area contributed by atoms with Gasteiger partial charge >= 0.3 is 11.8 Å². The molecule has 0 aromatic heterocycles. The summed E-state index contributed by atoms with van der Waals surface area (Å²) < 4.78 is 5.46. The van der Waals surface area contributed by atoms with Gasteiger partial charge in [-0.15, -0.1) is 0 Å². The van der Waals surface area contributed by atoms with Crippen molar-refractivity contribution >= 4 is 23.2 Å². The summed E-state index contributed by atoms with van der Waals surface area (Å²) in [5, 5.41) is 14.4. The number of benzene rings is 2. The Kier molecular flexibility index (Phi) is 7.60. The van der Waals surface area contributed by atoms with Crippen molar-refractivity contribution < 1.29 is 14.3 Å². The maximum Gasteiger partial charge on any atom is 0.313 e. The van der Waals surface area contributed by atoms with E-state index in [2.05, 4.69) is 15.5 Å². The molecule has 2 aromatic rings. The Morgan fingerprint density at radius 1 is 1.10 bits per heavy atom. The van der Waals surface area contributed by atoms with Crippen molar-refractivity contribution in [2.75, 3.05) is 57.2 Å². The zero-order chi connectivity index (χ0) is 22.2. The summed E-state index contributed by atoms with van der Waals surface area (Å²) in [6.45, 7) is 3.04. The molecule has 1 aliphatic heterocycles.